The third kappa shape index (κ3) is 4.48. The monoisotopic (exact) mass is 246 g/mol. The highest BCUT2D eigenvalue weighted by atomic mass is 19.1. The Morgan fingerprint density at radius 1 is 1.11 bits per heavy atom. The third-order valence-electron chi connectivity index (χ3n) is 3.07. The Kier molecular flexibility index (Phi) is 5.19. The number of hydrogen-bond acceptors (Lipinski definition) is 2. The highest BCUT2D eigenvalue weighted by molar-refractivity contribution is 5.21. The Balaban J connectivity index is 1.76. The maximum absolute atomic E-state index is 12.7. The Bertz CT molecular complexity index is 408. The highest BCUT2D eigenvalue weighted by Crippen LogP contribution is 2.02. The van der Waals surface area contributed by atoms with Crippen LogP contribution in [0.25, 0.3) is 0 Å². The molecule has 0 unspecified atom stereocenters. The smallest absolute Gasteiger partial charge is 0.123 e. The van der Waals surface area contributed by atoms with E-state index in [-0.39, 0.29) is 5.82 Å². The van der Waals surface area contributed by atoms with Crippen LogP contribution in [0.3, 0.4) is 0 Å². The van der Waals surface area contributed by atoms with E-state index in [2.05, 4.69) is 22.1 Å². The number of nitrogens with zero attached hydrogens (tertiary/aromatic N) is 1. The molecule has 1 aliphatic heterocycles. The molecule has 1 heterocycles. The van der Waals surface area contributed by atoms with Gasteiger partial charge in [0, 0.05) is 26.1 Å². The average Bonchev–Trinajstić information content (AvgIpc) is 2.65. The summed E-state index contributed by atoms with van der Waals surface area (Å²) in [6, 6.07) is 6.55. The molecule has 0 radical (unpaired) electrons. The van der Waals surface area contributed by atoms with E-state index in [1.165, 1.54) is 18.6 Å². The van der Waals surface area contributed by atoms with Crippen molar-refractivity contribution >= 4 is 0 Å². The fourth-order valence-corrected chi connectivity index (χ4v) is 1.99. The van der Waals surface area contributed by atoms with Gasteiger partial charge in [0.1, 0.15) is 5.82 Å². The summed E-state index contributed by atoms with van der Waals surface area (Å²) in [6.45, 7) is 5.20. The Hall–Kier alpha value is -1.37. The predicted molar refractivity (Wildman–Crippen MR) is 71.8 cm³/mol. The van der Waals surface area contributed by atoms with Crippen molar-refractivity contribution in [1.29, 1.82) is 0 Å². The predicted octanol–water partition coefficient (Wildman–Crippen LogP) is 1.67. The molecule has 0 amide bonds. The standard InChI is InChI=1S/C15H19FN2/c16-15-7-5-14(6-8-15)4-1-2-11-18-12-3-9-17-10-13-18/h5-8,17H,3-4,9-13H2. The molecule has 1 aromatic rings. The molecule has 2 nitrogen and oxygen atoms in total. The molecule has 1 N–H and O–H groups in total. The molecular formula is C15H19FN2. The lowest BCUT2D eigenvalue weighted by Crippen LogP contribution is -2.28. The van der Waals surface area contributed by atoms with Crippen molar-refractivity contribution in [1.82, 2.24) is 10.2 Å². The molecule has 0 saturated carbocycles. The zero-order chi connectivity index (χ0) is 12.6. The first kappa shape index (κ1) is 13.1. The molecule has 0 bridgehead atoms. The summed E-state index contributed by atoms with van der Waals surface area (Å²) >= 11 is 0. The van der Waals surface area contributed by atoms with E-state index in [9.17, 15) is 4.39 Å². The Morgan fingerprint density at radius 3 is 2.78 bits per heavy atom. The molecule has 1 saturated heterocycles. The minimum absolute atomic E-state index is 0.191. The zero-order valence-corrected chi connectivity index (χ0v) is 10.6. The third-order valence-corrected chi connectivity index (χ3v) is 3.07. The molecule has 0 aliphatic carbocycles. The minimum atomic E-state index is -0.191. The number of halogens is 1. The summed E-state index contributed by atoms with van der Waals surface area (Å²) in [5.41, 5.74) is 1.07. The molecule has 2 rings (SSSR count). The van der Waals surface area contributed by atoms with E-state index in [4.69, 9.17) is 0 Å². The van der Waals surface area contributed by atoms with Gasteiger partial charge in [0.25, 0.3) is 0 Å². The summed E-state index contributed by atoms with van der Waals surface area (Å²) in [7, 11) is 0. The van der Waals surface area contributed by atoms with Crippen LogP contribution < -0.4 is 5.32 Å². The molecular weight excluding hydrogens is 227 g/mol. The summed E-state index contributed by atoms with van der Waals surface area (Å²) in [6.07, 6.45) is 1.89. The first-order chi connectivity index (χ1) is 8.84. The lowest BCUT2D eigenvalue weighted by molar-refractivity contribution is 0.329. The quantitative estimate of drug-likeness (QED) is 0.799. The van der Waals surface area contributed by atoms with Crippen LogP contribution in [0.5, 0.6) is 0 Å². The first-order valence-electron chi connectivity index (χ1n) is 6.48. The van der Waals surface area contributed by atoms with Crippen LogP contribution in [0.15, 0.2) is 24.3 Å². The van der Waals surface area contributed by atoms with Crippen LogP contribution in [0.1, 0.15) is 12.0 Å². The molecule has 1 aliphatic rings. The van der Waals surface area contributed by atoms with Gasteiger partial charge in [-0.1, -0.05) is 24.0 Å². The minimum Gasteiger partial charge on any atom is -0.315 e. The van der Waals surface area contributed by atoms with Crippen LogP contribution >= 0.6 is 0 Å². The first-order valence-corrected chi connectivity index (χ1v) is 6.48. The normalized spacial score (nSPS) is 16.7. The summed E-state index contributed by atoms with van der Waals surface area (Å²) in [5.74, 6) is 6.16. The van der Waals surface area contributed by atoms with Crippen molar-refractivity contribution < 1.29 is 4.39 Å². The van der Waals surface area contributed by atoms with E-state index >= 15 is 0 Å². The van der Waals surface area contributed by atoms with Gasteiger partial charge < -0.3 is 5.32 Å². The molecule has 96 valence electrons. The topological polar surface area (TPSA) is 15.3 Å². The van der Waals surface area contributed by atoms with Gasteiger partial charge >= 0.3 is 0 Å². The number of benzene rings is 1. The van der Waals surface area contributed by atoms with Crippen LogP contribution in [0.4, 0.5) is 4.39 Å². The lowest BCUT2D eigenvalue weighted by atomic mass is 10.1. The summed E-state index contributed by atoms with van der Waals surface area (Å²) in [4.78, 5) is 2.37. The average molecular weight is 246 g/mol. The van der Waals surface area contributed by atoms with Gasteiger partial charge in [0.15, 0.2) is 0 Å². The maximum atomic E-state index is 12.7. The fourth-order valence-electron chi connectivity index (χ4n) is 1.99. The second-order valence-corrected chi connectivity index (χ2v) is 4.54. The van der Waals surface area contributed by atoms with Crippen molar-refractivity contribution in [3.8, 4) is 11.8 Å². The molecule has 3 heteroatoms. The molecule has 0 spiro atoms. The SMILES string of the molecule is Fc1ccc(CC#CCN2CCCNCC2)cc1. The largest absolute Gasteiger partial charge is 0.315 e. The van der Waals surface area contributed by atoms with Gasteiger partial charge in [-0.25, -0.2) is 4.39 Å². The van der Waals surface area contributed by atoms with Crippen molar-refractivity contribution in [3.05, 3.63) is 35.6 Å². The van der Waals surface area contributed by atoms with E-state index in [0.717, 1.165) is 38.3 Å². The van der Waals surface area contributed by atoms with Crippen molar-refractivity contribution in [2.75, 3.05) is 32.7 Å². The van der Waals surface area contributed by atoms with Gasteiger partial charge in [0.05, 0.1) is 6.54 Å². The number of hydrogen-bond donors (Lipinski definition) is 1. The summed E-state index contributed by atoms with van der Waals surface area (Å²) < 4.78 is 12.7. The fraction of sp³-hybridized carbons (Fsp3) is 0.467. The van der Waals surface area contributed by atoms with Crippen molar-refractivity contribution in [2.45, 2.75) is 12.8 Å². The highest BCUT2D eigenvalue weighted by Gasteiger charge is 2.05. The van der Waals surface area contributed by atoms with E-state index in [0.29, 0.717) is 6.42 Å². The molecule has 18 heavy (non-hydrogen) atoms. The van der Waals surface area contributed by atoms with Gasteiger partial charge in [-0.05, 0) is 30.7 Å². The van der Waals surface area contributed by atoms with Gasteiger partial charge in [-0.15, -0.1) is 0 Å². The van der Waals surface area contributed by atoms with Crippen molar-refractivity contribution in [2.24, 2.45) is 0 Å². The molecule has 1 aromatic carbocycles. The number of nitrogens with one attached hydrogen (secondary N) is 1. The van der Waals surface area contributed by atoms with E-state index in [1.807, 2.05) is 0 Å². The molecule has 0 atom stereocenters. The lowest BCUT2D eigenvalue weighted by Gasteiger charge is -2.15. The second-order valence-electron chi connectivity index (χ2n) is 4.54. The van der Waals surface area contributed by atoms with Gasteiger partial charge in [-0.2, -0.15) is 0 Å². The number of rotatable bonds is 2. The van der Waals surface area contributed by atoms with Gasteiger partial charge in [0.2, 0.25) is 0 Å². The van der Waals surface area contributed by atoms with Crippen molar-refractivity contribution in [3.63, 3.8) is 0 Å². The molecule has 0 aromatic heterocycles. The Morgan fingerprint density at radius 2 is 1.94 bits per heavy atom. The second kappa shape index (κ2) is 7.15. The van der Waals surface area contributed by atoms with Gasteiger partial charge in [-0.3, -0.25) is 4.90 Å². The molecule has 1 fully saturated rings. The van der Waals surface area contributed by atoms with E-state index < -0.39 is 0 Å². The van der Waals surface area contributed by atoms with E-state index in [1.54, 1.807) is 12.1 Å². The maximum Gasteiger partial charge on any atom is 0.123 e. The van der Waals surface area contributed by atoms with Crippen LogP contribution in [0, 0.1) is 17.7 Å². The Labute approximate surface area is 108 Å². The van der Waals surface area contributed by atoms with Crippen LogP contribution in [-0.2, 0) is 6.42 Å². The zero-order valence-electron chi connectivity index (χ0n) is 10.6. The van der Waals surface area contributed by atoms with Crippen LogP contribution in [0.2, 0.25) is 0 Å². The summed E-state index contributed by atoms with van der Waals surface area (Å²) in [5, 5.41) is 3.37. The van der Waals surface area contributed by atoms with Crippen LogP contribution in [-0.4, -0.2) is 37.6 Å².